The summed E-state index contributed by atoms with van der Waals surface area (Å²) in [4.78, 5) is 27.2. The number of hydrogen-bond donors (Lipinski definition) is 1. The molecule has 4 heteroatoms. The zero-order valence-corrected chi connectivity index (χ0v) is 13.3. The summed E-state index contributed by atoms with van der Waals surface area (Å²) in [6.45, 7) is 13.9. The van der Waals surface area contributed by atoms with Gasteiger partial charge in [-0.15, -0.1) is 0 Å². The normalized spacial score (nSPS) is 23.8. The van der Waals surface area contributed by atoms with Crippen molar-refractivity contribution in [3.8, 4) is 0 Å². The third-order valence-corrected chi connectivity index (χ3v) is 4.10. The number of carbonyl (C=O) groups is 2. The highest BCUT2D eigenvalue weighted by atomic mass is 16.2. The monoisotopic (exact) mass is 268 g/mol. The standard InChI is InChI=1S/C15H28N2O2/c1-8-15(9-2)13(19)17(14(5,6)7)11(10(3)4)12(18)16-15/h10-11H,8-9H2,1-7H3,(H,16,18). The zero-order valence-electron chi connectivity index (χ0n) is 13.3. The molecule has 1 saturated heterocycles. The van der Waals surface area contributed by atoms with Gasteiger partial charge in [0.15, 0.2) is 0 Å². The summed E-state index contributed by atoms with van der Waals surface area (Å²) in [5, 5.41) is 2.98. The maximum atomic E-state index is 12.9. The first-order valence-electron chi connectivity index (χ1n) is 7.26. The number of nitrogens with zero attached hydrogens (tertiary/aromatic N) is 1. The summed E-state index contributed by atoms with van der Waals surface area (Å²) in [5.41, 5.74) is -1.07. The van der Waals surface area contributed by atoms with Gasteiger partial charge in [-0.2, -0.15) is 0 Å². The summed E-state index contributed by atoms with van der Waals surface area (Å²) in [7, 11) is 0. The highest BCUT2D eigenvalue weighted by molar-refractivity contribution is 6.00. The lowest BCUT2D eigenvalue weighted by Crippen LogP contribution is -2.74. The van der Waals surface area contributed by atoms with Crippen molar-refractivity contribution in [2.45, 2.75) is 78.4 Å². The van der Waals surface area contributed by atoms with Crippen molar-refractivity contribution in [2.75, 3.05) is 0 Å². The molecular formula is C15H28N2O2. The van der Waals surface area contributed by atoms with E-state index < -0.39 is 5.54 Å². The molecule has 0 radical (unpaired) electrons. The van der Waals surface area contributed by atoms with E-state index in [0.717, 1.165) is 0 Å². The van der Waals surface area contributed by atoms with Crippen LogP contribution in [0.4, 0.5) is 0 Å². The van der Waals surface area contributed by atoms with Crippen LogP contribution in [0.25, 0.3) is 0 Å². The second-order valence-corrected chi connectivity index (χ2v) is 6.81. The van der Waals surface area contributed by atoms with Gasteiger partial charge in [0, 0.05) is 5.54 Å². The molecule has 0 aromatic rings. The molecule has 1 heterocycles. The summed E-state index contributed by atoms with van der Waals surface area (Å²) >= 11 is 0. The SMILES string of the molecule is CCC1(CC)NC(=O)C(C(C)C)N(C(C)(C)C)C1=O. The zero-order chi connectivity index (χ0) is 15.0. The Morgan fingerprint density at radius 3 is 2.00 bits per heavy atom. The summed E-state index contributed by atoms with van der Waals surface area (Å²) in [5.74, 6) is 0.145. The molecule has 1 fully saturated rings. The van der Waals surface area contributed by atoms with Crippen molar-refractivity contribution < 1.29 is 9.59 Å². The summed E-state index contributed by atoms with van der Waals surface area (Å²) in [6.07, 6.45) is 1.26. The Labute approximate surface area is 116 Å². The predicted molar refractivity (Wildman–Crippen MR) is 76.7 cm³/mol. The van der Waals surface area contributed by atoms with E-state index in [1.807, 2.05) is 48.5 Å². The average Bonchev–Trinajstić information content (AvgIpc) is 2.29. The van der Waals surface area contributed by atoms with Gasteiger partial charge in [-0.25, -0.2) is 0 Å². The van der Waals surface area contributed by atoms with Crippen LogP contribution in [-0.4, -0.2) is 33.8 Å². The number of nitrogens with one attached hydrogen (secondary N) is 1. The second-order valence-electron chi connectivity index (χ2n) is 6.81. The molecule has 2 amide bonds. The van der Waals surface area contributed by atoms with Gasteiger partial charge in [-0.05, 0) is 39.5 Å². The summed E-state index contributed by atoms with van der Waals surface area (Å²) < 4.78 is 0. The number of amides is 2. The van der Waals surface area contributed by atoms with E-state index in [0.29, 0.717) is 12.8 Å². The number of piperazine rings is 1. The Hall–Kier alpha value is -1.06. The van der Waals surface area contributed by atoms with E-state index in [1.165, 1.54) is 0 Å². The molecule has 19 heavy (non-hydrogen) atoms. The van der Waals surface area contributed by atoms with Gasteiger partial charge in [0.2, 0.25) is 11.8 Å². The van der Waals surface area contributed by atoms with Gasteiger partial charge in [0.25, 0.3) is 0 Å². The van der Waals surface area contributed by atoms with Crippen LogP contribution < -0.4 is 5.32 Å². The van der Waals surface area contributed by atoms with Crippen molar-refractivity contribution in [1.29, 1.82) is 0 Å². The van der Waals surface area contributed by atoms with Gasteiger partial charge in [0.1, 0.15) is 11.6 Å². The summed E-state index contributed by atoms with van der Waals surface area (Å²) in [6, 6.07) is -0.376. The van der Waals surface area contributed by atoms with Crippen LogP contribution in [-0.2, 0) is 9.59 Å². The van der Waals surface area contributed by atoms with Crippen molar-refractivity contribution in [3.63, 3.8) is 0 Å². The van der Waals surface area contributed by atoms with E-state index in [1.54, 1.807) is 4.90 Å². The highest BCUT2D eigenvalue weighted by Gasteiger charge is 2.52. The van der Waals surface area contributed by atoms with Crippen LogP contribution in [0.5, 0.6) is 0 Å². The number of rotatable bonds is 3. The Bertz CT molecular complexity index is 365. The smallest absolute Gasteiger partial charge is 0.249 e. The lowest BCUT2D eigenvalue weighted by atomic mass is 9.82. The molecule has 0 saturated carbocycles. The van der Waals surface area contributed by atoms with Crippen LogP contribution >= 0.6 is 0 Å². The van der Waals surface area contributed by atoms with Gasteiger partial charge in [-0.3, -0.25) is 9.59 Å². The minimum absolute atomic E-state index is 0.0202. The van der Waals surface area contributed by atoms with Crippen molar-refractivity contribution >= 4 is 11.8 Å². The van der Waals surface area contributed by atoms with Gasteiger partial charge < -0.3 is 10.2 Å². The molecule has 1 atom stereocenters. The lowest BCUT2D eigenvalue weighted by Gasteiger charge is -2.52. The van der Waals surface area contributed by atoms with Gasteiger partial charge in [-0.1, -0.05) is 27.7 Å². The van der Waals surface area contributed by atoms with Crippen molar-refractivity contribution in [2.24, 2.45) is 5.92 Å². The first-order valence-corrected chi connectivity index (χ1v) is 7.26. The molecule has 1 aliphatic heterocycles. The van der Waals surface area contributed by atoms with Crippen LogP contribution in [0.1, 0.15) is 61.3 Å². The Balaban J connectivity index is 3.32. The molecule has 0 spiro atoms. The quantitative estimate of drug-likeness (QED) is 0.854. The molecular weight excluding hydrogens is 240 g/mol. The van der Waals surface area contributed by atoms with Crippen LogP contribution in [0.3, 0.4) is 0 Å². The maximum absolute atomic E-state index is 12.9. The van der Waals surface area contributed by atoms with E-state index in [-0.39, 0.29) is 29.3 Å². The van der Waals surface area contributed by atoms with Crippen LogP contribution in [0.2, 0.25) is 0 Å². The number of hydrogen-bond acceptors (Lipinski definition) is 2. The lowest BCUT2D eigenvalue weighted by molar-refractivity contribution is -0.163. The largest absolute Gasteiger partial charge is 0.340 e. The fraction of sp³-hybridized carbons (Fsp3) is 0.867. The topological polar surface area (TPSA) is 49.4 Å². The van der Waals surface area contributed by atoms with Crippen molar-refractivity contribution in [3.05, 3.63) is 0 Å². The van der Waals surface area contributed by atoms with E-state index >= 15 is 0 Å². The second kappa shape index (κ2) is 5.14. The molecule has 0 aliphatic carbocycles. The van der Waals surface area contributed by atoms with Crippen LogP contribution in [0.15, 0.2) is 0 Å². The predicted octanol–water partition coefficient (Wildman–Crippen LogP) is 2.33. The molecule has 110 valence electrons. The van der Waals surface area contributed by atoms with E-state index in [4.69, 9.17) is 0 Å². The molecule has 1 unspecified atom stereocenters. The Kier molecular flexibility index (Phi) is 4.33. The van der Waals surface area contributed by atoms with Crippen molar-refractivity contribution in [1.82, 2.24) is 10.2 Å². The fourth-order valence-electron chi connectivity index (χ4n) is 2.89. The molecule has 1 N–H and O–H groups in total. The minimum Gasteiger partial charge on any atom is -0.340 e. The van der Waals surface area contributed by atoms with E-state index in [2.05, 4.69) is 5.32 Å². The fourth-order valence-corrected chi connectivity index (χ4v) is 2.89. The molecule has 0 bridgehead atoms. The molecule has 1 rings (SSSR count). The van der Waals surface area contributed by atoms with E-state index in [9.17, 15) is 9.59 Å². The first-order chi connectivity index (χ1) is 8.60. The Morgan fingerprint density at radius 2 is 1.68 bits per heavy atom. The molecule has 4 nitrogen and oxygen atoms in total. The van der Waals surface area contributed by atoms with Gasteiger partial charge >= 0.3 is 0 Å². The molecule has 0 aromatic heterocycles. The molecule has 0 aromatic carbocycles. The minimum atomic E-state index is -0.726. The maximum Gasteiger partial charge on any atom is 0.249 e. The first kappa shape index (κ1) is 16.0. The Morgan fingerprint density at radius 1 is 1.21 bits per heavy atom. The molecule has 1 aliphatic rings. The third kappa shape index (κ3) is 2.63. The third-order valence-electron chi connectivity index (χ3n) is 4.10. The highest BCUT2D eigenvalue weighted by Crippen LogP contribution is 2.32. The number of carbonyl (C=O) groups excluding carboxylic acids is 2. The average molecular weight is 268 g/mol. The van der Waals surface area contributed by atoms with Gasteiger partial charge in [0.05, 0.1) is 0 Å². The van der Waals surface area contributed by atoms with Crippen LogP contribution in [0, 0.1) is 5.92 Å².